The molecule has 124 valence electrons. The molecule has 0 N–H and O–H groups in total. The summed E-state index contributed by atoms with van der Waals surface area (Å²) < 4.78 is 29.1. The fourth-order valence-electron chi connectivity index (χ4n) is 2.31. The molecular weight excluding hydrogens is 399 g/mol. The molecular formula is C17H14ClF2N3Se. The Balaban J connectivity index is 1.83. The van der Waals surface area contributed by atoms with Crippen LogP contribution in [0.4, 0.5) is 8.78 Å². The molecule has 2 aromatic carbocycles. The summed E-state index contributed by atoms with van der Waals surface area (Å²) >= 11 is 6.22. The summed E-state index contributed by atoms with van der Waals surface area (Å²) in [6, 6.07) is 11.4. The molecule has 0 amide bonds. The first kappa shape index (κ1) is 17.1. The van der Waals surface area contributed by atoms with Crippen molar-refractivity contribution in [3.63, 3.8) is 0 Å². The number of benzene rings is 2. The zero-order valence-corrected chi connectivity index (χ0v) is 15.0. The van der Waals surface area contributed by atoms with Gasteiger partial charge in [-0.15, -0.1) is 0 Å². The van der Waals surface area contributed by atoms with Crippen molar-refractivity contribution in [3.05, 3.63) is 82.9 Å². The van der Waals surface area contributed by atoms with Crippen molar-refractivity contribution in [1.29, 1.82) is 0 Å². The minimum atomic E-state index is -0.575. The Hall–Kier alpha value is -1.75. The molecule has 0 aliphatic rings. The van der Waals surface area contributed by atoms with E-state index in [1.807, 2.05) is 24.3 Å². The van der Waals surface area contributed by atoms with Gasteiger partial charge in [0.15, 0.2) is 0 Å². The molecule has 0 aliphatic carbocycles. The average molecular weight is 413 g/mol. The molecule has 0 fully saturated rings. The van der Waals surface area contributed by atoms with Crippen molar-refractivity contribution in [3.8, 4) is 0 Å². The first-order chi connectivity index (χ1) is 11.6. The summed E-state index contributed by atoms with van der Waals surface area (Å²) in [5, 5.41) is 5.55. The third-order valence-corrected chi connectivity index (χ3v) is 6.59. The third-order valence-electron chi connectivity index (χ3n) is 3.53. The molecule has 3 nitrogen and oxygen atoms in total. The normalized spacial score (nSPS) is 12.3. The Kier molecular flexibility index (Phi) is 5.61. The van der Waals surface area contributed by atoms with Gasteiger partial charge in [-0.05, 0) is 0 Å². The molecule has 0 spiro atoms. The predicted octanol–water partition coefficient (Wildman–Crippen LogP) is 3.86. The van der Waals surface area contributed by atoms with E-state index in [4.69, 9.17) is 11.6 Å². The Bertz CT molecular complexity index is 811. The topological polar surface area (TPSA) is 30.7 Å². The van der Waals surface area contributed by atoms with Gasteiger partial charge in [0.2, 0.25) is 0 Å². The maximum atomic E-state index is 14.2. The molecule has 1 aromatic heterocycles. The van der Waals surface area contributed by atoms with Gasteiger partial charge >= 0.3 is 150 Å². The van der Waals surface area contributed by atoms with Crippen LogP contribution in [0.2, 0.25) is 5.02 Å². The molecule has 0 saturated heterocycles. The number of hydrogen-bond acceptors (Lipinski definition) is 2. The number of aromatic nitrogens is 3. The summed E-state index contributed by atoms with van der Waals surface area (Å²) in [5.41, 5.74) is 1.53. The second-order valence-electron chi connectivity index (χ2n) is 5.17. The van der Waals surface area contributed by atoms with E-state index >= 15 is 0 Å². The summed E-state index contributed by atoms with van der Waals surface area (Å²) in [7, 11) is 0. The van der Waals surface area contributed by atoms with Crippen LogP contribution >= 0.6 is 11.6 Å². The Morgan fingerprint density at radius 2 is 2.00 bits per heavy atom. The average Bonchev–Trinajstić information content (AvgIpc) is 3.06. The first-order valence-electron chi connectivity index (χ1n) is 7.26. The van der Waals surface area contributed by atoms with Crippen LogP contribution in [0, 0.1) is 11.6 Å². The van der Waals surface area contributed by atoms with E-state index < -0.39 is 11.6 Å². The van der Waals surface area contributed by atoms with Crippen LogP contribution in [-0.2, 0) is 11.9 Å². The van der Waals surface area contributed by atoms with Crippen LogP contribution in [0.3, 0.4) is 0 Å². The third kappa shape index (κ3) is 4.20. The molecule has 24 heavy (non-hydrogen) atoms. The summed E-state index contributed by atoms with van der Waals surface area (Å²) in [5.74, 6) is -1.10. The molecule has 1 atom stereocenters. The van der Waals surface area contributed by atoms with Crippen LogP contribution < -0.4 is 0 Å². The van der Waals surface area contributed by atoms with Crippen LogP contribution in [0.25, 0.3) is 0 Å². The van der Waals surface area contributed by atoms with Crippen LogP contribution in [0.5, 0.6) is 0 Å². The van der Waals surface area contributed by atoms with Gasteiger partial charge in [0.25, 0.3) is 0 Å². The maximum absolute atomic E-state index is 14.2. The molecule has 3 aromatic rings. The van der Waals surface area contributed by atoms with Crippen LogP contribution in [0.15, 0.2) is 55.1 Å². The van der Waals surface area contributed by atoms with Crippen molar-refractivity contribution in [1.82, 2.24) is 14.8 Å². The molecule has 7 heteroatoms. The second kappa shape index (κ2) is 7.88. The molecule has 1 heterocycles. The summed E-state index contributed by atoms with van der Waals surface area (Å²) in [4.78, 5) is 3.82. The monoisotopic (exact) mass is 413 g/mol. The van der Waals surface area contributed by atoms with Crippen molar-refractivity contribution < 1.29 is 8.78 Å². The Morgan fingerprint density at radius 1 is 1.17 bits per heavy atom. The molecule has 0 saturated carbocycles. The predicted molar refractivity (Wildman–Crippen MR) is 90.0 cm³/mol. The second-order valence-corrected chi connectivity index (χ2v) is 8.08. The van der Waals surface area contributed by atoms with Gasteiger partial charge in [-0.3, -0.25) is 0 Å². The van der Waals surface area contributed by atoms with Crippen molar-refractivity contribution >= 4 is 26.6 Å². The van der Waals surface area contributed by atoms with E-state index in [9.17, 15) is 8.78 Å². The van der Waals surface area contributed by atoms with E-state index in [0.29, 0.717) is 17.1 Å². The van der Waals surface area contributed by atoms with E-state index in [1.165, 1.54) is 18.5 Å². The summed E-state index contributed by atoms with van der Waals surface area (Å²) in [6.45, 7) is 0.493. The van der Waals surface area contributed by atoms with E-state index in [2.05, 4.69) is 10.1 Å². The number of halogens is 3. The standard InChI is InChI=1S/C17H14ClF2N3Se/c18-15-4-2-1-3-12(15)9-24-17(8-23-11-21-10-22-23)14-6-5-13(19)7-16(14)20/h1-7,10-11,17H,8-9H2. The minimum absolute atomic E-state index is 0.00954. The van der Waals surface area contributed by atoms with E-state index in [0.717, 1.165) is 16.9 Å². The van der Waals surface area contributed by atoms with Gasteiger partial charge in [-0.25, -0.2) is 0 Å². The first-order valence-corrected chi connectivity index (χ1v) is 9.83. The van der Waals surface area contributed by atoms with Crippen molar-refractivity contribution in [2.75, 3.05) is 0 Å². The summed E-state index contributed by atoms with van der Waals surface area (Å²) in [6.07, 6.45) is 3.04. The molecule has 0 bridgehead atoms. The van der Waals surface area contributed by atoms with Gasteiger partial charge in [-0.2, -0.15) is 0 Å². The fourth-order valence-corrected chi connectivity index (χ4v) is 5.33. The quantitative estimate of drug-likeness (QED) is 0.576. The Labute approximate surface area is 149 Å². The van der Waals surface area contributed by atoms with Gasteiger partial charge < -0.3 is 0 Å². The molecule has 0 radical (unpaired) electrons. The Morgan fingerprint density at radius 3 is 2.71 bits per heavy atom. The number of nitrogens with zero attached hydrogens (tertiary/aromatic N) is 3. The van der Waals surface area contributed by atoms with E-state index in [-0.39, 0.29) is 19.8 Å². The van der Waals surface area contributed by atoms with Gasteiger partial charge in [0.05, 0.1) is 0 Å². The zero-order valence-electron chi connectivity index (χ0n) is 12.6. The molecule has 1 unspecified atom stereocenters. The number of rotatable bonds is 6. The molecule has 3 rings (SSSR count). The van der Waals surface area contributed by atoms with Crippen LogP contribution in [0.1, 0.15) is 15.9 Å². The van der Waals surface area contributed by atoms with E-state index in [1.54, 1.807) is 11.0 Å². The van der Waals surface area contributed by atoms with Gasteiger partial charge in [0, 0.05) is 0 Å². The van der Waals surface area contributed by atoms with Gasteiger partial charge in [-0.1, -0.05) is 0 Å². The van der Waals surface area contributed by atoms with Crippen molar-refractivity contribution in [2.45, 2.75) is 16.7 Å². The van der Waals surface area contributed by atoms with Crippen molar-refractivity contribution in [2.24, 2.45) is 0 Å². The SMILES string of the molecule is Fc1ccc(C(Cn2cncn2)[Se]Cc2ccccc2Cl)c(F)c1. The number of hydrogen-bond donors (Lipinski definition) is 0. The fraction of sp³-hybridized carbons (Fsp3) is 0.176. The molecule has 0 aliphatic heterocycles. The zero-order chi connectivity index (χ0) is 16.9. The van der Waals surface area contributed by atoms with Gasteiger partial charge in [0.1, 0.15) is 0 Å². The van der Waals surface area contributed by atoms with Crippen LogP contribution in [-0.4, -0.2) is 29.7 Å².